The van der Waals surface area contributed by atoms with Crippen LogP contribution in [0.4, 0.5) is 21.0 Å². The molecule has 2 aliphatic rings. The van der Waals surface area contributed by atoms with Crippen molar-refractivity contribution < 1.29 is 9.59 Å². The second-order valence-electron chi connectivity index (χ2n) is 10.9. The minimum atomic E-state index is -0.303. The first-order chi connectivity index (χ1) is 19.5. The van der Waals surface area contributed by atoms with Gasteiger partial charge in [-0.1, -0.05) is 137 Å². The molecule has 4 aromatic rings. The van der Waals surface area contributed by atoms with Crippen molar-refractivity contribution in [3.63, 3.8) is 0 Å². The molecule has 6 heteroatoms. The number of thiol groups is 2. The molecule has 6 rings (SSSR count). The quantitative estimate of drug-likeness (QED) is 0.240. The number of anilines is 2. The fourth-order valence-corrected chi connectivity index (χ4v) is 7.01. The highest BCUT2D eigenvalue weighted by Crippen LogP contribution is 2.37. The molecule has 0 heterocycles. The monoisotopic (exact) mass is 570 g/mol. The van der Waals surface area contributed by atoms with E-state index in [1.54, 1.807) is 4.90 Å². The summed E-state index contributed by atoms with van der Waals surface area (Å²) < 4.78 is 0. The Balaban J connectivity index is 0.000000176. The normalized spacial score (nSPS) is 16.2. The van der Waals surface area contributed by atoms with Crippen LogP contribution in [-0.4, -0.2) is 27.5 Å². The number of carbonyl (C=O) groups excluding carboxylic acids is 2. The second kappa shape index (κ2) is 13.6. The Morgan fingerprint density at radius 1 is 0.525 bits per heavy atom. The molecule has 0 saturated heterocycles. The van der Waals surface area contributed by atoms with Crippen molar-refractivity contribution in [2.75, 3.05) is 4.90 Å². The van der Waals surface area contributed by atoms with Crippen LogP contribution in [0.1, 0.15) is 64.2 Å². The van der Waals surface area contributed by atoms with Gasteiger partial charge in [0, 0.05) is 22.9 Å². The summed E-state index contributed by atoms with van der Waals surface area (Å²) in [7, 11) is 0. The maximum absolute atomic E-state index is 12.4. The number of hydrogen-bond acceptors (Lipinski definition) is 2. The molecule has 2 fully saturated rings. The van der Waals surface area contributed by atoms with Crippen molar-refractivity contribution in [2.24, 2.45) is 0 Å². The average Bonchev–Trinajstić information content (AvgIpc) is 2.99. The van der Waals surface area contributed by atoms with Crippen LogP contribution in [0.3, 0.4) is 0 Å². The van der Waals surface area contributed by atoms with Gasteiger partial charge in [-0.15, -0.1) is 0 Å². The Kier molecular flexibility index (Phi) is 9.71. The summed E-state index contributed by atoms with van der Waals surface area (Å²) >= 11 is 8.25. The molecule has 2 saturated carbocycles. The molecule has 0 atom stereocenters. The van der Waals surface area contributed by atoms with Crippen LogP contribution in [0.5, 0.6) is 0 Å². The zero-order valence-electron chi connectivity index (χ0n) is 22.9. The van der Waals surface area contributed by atoms with Crippen molar-refractivity contribution in [2.45, 2.75) is 76.3 Å². The van der Waals surface area contributed by atoms with Crippen LogP contribution in [0.2, 0.25) is 0 Å². The maximum atomic E-state index is 12.4. The summed E-state index contributed by atoms with van der Waals surface area (Å²) in [5, 5.41) is 3.94. The van der Waals surface area contributed by atoms with Crippen molar-refractivity contribution in [1.82, 2.24) is 4.90 Å². The number of fused-ring (bicyclic) bond motifs is 2. The molecule has 0 aliphatic heterocycles. The van der Waals surface area contributed by atoms with Crippen molar-refractivity contribution in [3.05, 3.63) is 84.9 Å². The molecule has 0 radical (unpaired) electrons. The van der Waals surface area contributed by atoms with Crippen molar-refractivity contribution in [3.8, 4) is 0 Å². The SMILES string of the molecule is O=C(S)N(C1CCCCC1)C1CCCCC1.O=C(S)N(c1cccc2ccccc12)c1cccc2ccccc12. The number of hydrogen-bond donors (Lipinski definition) is 2. The Morgan fingerprint density at radius 2 is 0.925 bits per heavy atom. The molecular formula is C34H38N2O2S2. The average molecular weight is 571 g/mol. The lowest BCUT2D eigenvalue weighted by atomic mass is 9.89. The Bertz CT molecular complexity index is 1350. The van der Waals surface area contributed by atoms with E-state index in [2.05, 4.69) is 30.2 Å². The van der Waals surface area contributed by atoms with E-state index in [0.29, 0.717) is 12.1 Å². The van der Waals surface area contributed by atoms with Crippen molar-refractivity contribution >= 4 is 68.7 Å². The molecule has 0 bridgehead atoms. The van der Waals surface area contributed by atoms with Gasteiger partial charge >= 0.3 is 0 Å². The van der Waals surface area contributed by atoms with E-state index in [9.17, 15) is 9.59 Å². The fraction of sp³-hybridized carbons (Fsp3) is 0.353. The topological polar surface area (TPSA) is 40.6 Å². The number of carbonyl (C=O) groups is 2. The molecule has 4 aromatic carbocycles. The van der Waals surface area contributed by atoms with Crippen LogP contribution in [0.25, 0.3) is 21.5 Å². The molecule has 0 spiro atoms. The van der Waals surface area contributed by atoms with E-state index in [0.717, 1.165) is 32.9 Å². The minimum absolute atomic E-state index is 0.0128. The molecule has 40 heavy (non-hydrogen) atoms. The first-order valence-corrected chi connectivity index (χ1v) is 15.4. The van der Waals surface area contributed by atoms with E-state index < -0.39 is 0 Å². The number of rotatable bonds is 4. The Labute approximate surface area is 248 Å². The highest BCUT2D eigenvalue weighted by atomic mass is 32.1. The van der Waals surface area contributed by atoms with Crippen molar-refractivity contribution in [1.29, 1.82) is 0 Å². The molecule has 208 valence electrons. The first-order valence-electron chi connectivity index (χ1n) is 14.5. The van der Waals surface area contributed by atoms with E-state index in [-0.39, 0.29) is 10.5 Å². The van der Waals surface area contributed by atoms with Crippen LogP contribution < -0.4 is 4.90 Å². The standard InChI is InChI=1S/C21H15NOS.C13H23NOS/c23-21(24)22(19-13-5-9-15-7-1-3-11-17(15)19)20-14-6-10-16-8-2-4-12-18(16)20;15-13(16)14(11-7-3-1-4-8-11)12-9-5-2-6-10-12/h1-14H,(H,23,24);11-12H,1-10H2,(H,15,16). The summed E-state index contributed by atoms with van der Waals surface area (Å²) in [5.74, 6) is 0. The van der Waals surface area contributed by atoms with E-state index in [4.69, 9.17) is 0 Å². The lowest BCUT2D eigenvalue weighted by Gasteiger charge is -2.40. The largest absolute Gasteiger partial charge is 0.328 e. The van der Waals surface area contributed by atoms with Gasteiger partial charge in [-0.25, -0.2) is 0 Å². The summed E-state index contributed by atoms with van der Waals surface area (Å²) in [4.78, 5) is 27.9. The molecule has 4 nitrogen and oxygen atoms in total. The summed E-state index contributed by atoms with van der Waals surface area (Å²) in [6, 6.07) is 29.0. The molecule has 0 N–H and O–H groups in total. The van der Waals surface area contributed by atoms with Gasteiger partial charge in [0.05, 0.1) is 11.4 Å². The Hall–Kier alpha value is -2.96. The van der Waals surface area contributed by atoms with E-state index in [1.807, 2.05) is 84.9 Å². The zero-order chi connectivity index (χ0) is 27.9. The molecule has 0 unspecified atom stereocenters. The number of nitrogens with zero attached hydrogens (tertiary/aromatic N) is 2. The third-order valence-electron chi connectivity index (χ3n) is 8.36. The van der Waals surface area contributed by atoms with Gasteiger partial charge in [0.15, 0.2) is 0 Å². The van der Waals surface area contributed by atoms with Crippen LogP contribution in [0.15, 0.2) is 84.9 Å². The van der Waals surface area contributed by atoms with Crippen LogP contribution in [0, 0.1) is 0 Å². The minimum Gasteiger partial charge on any atom is -0.328 e. The number of amides is 2. The predicted octanol–water partition coefficient (Wildman–Crippen LogP) is 10.2. The lowest BCUT2D eigenvalue weighted by molar-refractivity contribution is 0.122. The van der Waals surface area contributed by atoms with Gasteiger partial charge in [0.2, 0.25) is 0 Å². The number of benzene rings is 4. The van der Waals surface area contributed by atoms with Gasteiger partial charge in [0.1, 0.15) is 0 Å². The van der Waals surface area contributed by atoms with E-state index >= 15 is 0 Å². The Morgan fingerprint density at radius 3 is 1.32 bits per heavy atom. The summed E-state index contributed by atoms with van der Waals surface area (Å²) in [5.41, 5.74) is 1.67. The van der Waals surface area contributed by atoms with Gasteiger partial charge in [0.25, 0.3) is 10.5 Å². The maximum Gasteiger partial charge on any atom is 0.287 e. The predicted molar refractivity (Wildman–Crippen MR) is 174 cm³/mol. The third-order valence-corrected chi connectivity index (χ3v) is 8.79. The lowest BCUT2D eigenvalue weighted by Crippen LogP contribution is -2.46. The molecule has 0 aromatic heterocycles. The van der Waals surface area contributed by atoms with E-state index in [1.165, 1.54) is 64.2 Å². The third kappa shape index (κ3) is 6.50. The summed E-state index contributed by atoms with van der Waals surface area (Å²) in [6.45, 7) is 0. The molecule has 2 amide bonds. The fourth-order valence-electron chi connectivity index (χ4n) is 6.47. The van der Waals surface area contributed by atoms with Gasteiger partial charge in [-0.05, 0) is 48.6 Å². The zero-order valence-corrected chi connectivity index (χ0v) is 24.7. The molecular weight excluding hydrogens is 533 g/mol. The highest BCUT2D eigenvalue weighted by Gasteiger charge is 2.30. The van der Waals surface area contributed by atoms with Crippen LogP contribution >= 0.6 is 25.3 Å². The van der Waals surface area contributed by atoms with Gasteiger partial charge in [-0.2, -0.15) is 0 Å². The molecule has 2 aliphatic carbocycles. The summed E-state index contributed by atoms with van der Waals surface area (Å²) in [6.07, 6.45) is 12.6. The van der Waals surface area contributed by atoms with Crippen LogP contribution in [-0.2, 0) is 0 Å². The first kappa shape index (κ1) is 28.6. The second-order valence-corrected chi connectivity index (χ2v) is 11.7. The van der Waals surface area contributed by atoms with Gasteiger partial charge in [-0.3, -0.25) is 14.5 Å². The highest BCUT2D eigenvalue weighted by molar-refractivity contribution is 7.97. The smallest absolute Gasteiger partial charge is 0.287 e. The van der Waals surface area contributed by atoms with Gasteiger partial charge < -0.3 is 4.90 Å².